The van der Waals surface area contributed by atoms with Gasteiger partial charge in [0.25, 0.3) is 0 Å². The van der Waals surface area contributed by atoms with Crippen LogP contribution in [0.5, 0.6) is 0 Å². The lowest BCUT2D eigenvalue weighted by atomic mass is 10.1. The van der Waals surface area contributed by atoms with E-state index >= 15 is 0 Å². The minimum Gasteiger partial charge on any atom is -0.480 e. The number of aromatic nitrogens is 3. The molecule has 0 aliphatic rings. The van der Waals surface area contributed by atoms with E-state index in [1.54, 1.807) is 6.20 Å². The zero-order valence-corrected chi connectivity index (χ0v) is 19.5. The van der Waals surface area contributed by atoms with Crippen molar-refractivity contribution in [2.75, 3.05) is 12.3 Å². The summed E-state index contributed by atoms with van der Waals surface area (Å²) in [6.07, 6.45) is 4.89. The van der Waals surface area contributed by atoms with Crippen molar-refractivity contribution < 1.29 is 24.3 Å². The van der Waals surface area contributed by atoms with Gasteiger partial charge in [0.05, 0.1) is 18.9 Å². The van der Waals surface area contributed by atoms with Crippen LogP contribution in [0.25, 0.3) is 10.9 Å². The number of carboxylic acid groups (broad SMARTS) is 1. The molecule has 2 aromatic heterocycles. The molecule has 35 heavy (non-hydrogen) atoms. The fraction of sp³-hybridized carbons (Fsp3) is 0.318. The number of aliphatic carboxylic acids is 1. The third kappa shape index (κ3) is 7.07. The van der Waals surface area contributed by atoms with Crippen LogP contribution in [-0.2, 0) is 32.0 Å². The summed E-state index contributed by atoms with van der Waals surface area (Å²) in [4.78, 5) is 58.4. The van der Waals surface area contributed by atoms with E-state index in [0.29, 0.717) is 5.69 Å². The number of rotatable bonds is 12. The largest absolute Gasteiger partial charge is 0.480 e. The van der Waals surface area contributed by atoms with Gasteiger partial charge in [0.15, 0.2) is 0 Å². The molecule has 2 heterocycles. The average Bonchev–Trinajstić information content (AvgIpc) is 3.50. The Morgan fingerprint density at radius 1 is 1.06 bits per heavy atom. The Bertz CT molecular complexity index is 1180. The number of H-pyrrole nitrogens is 2. The predicted octanol–water partition coefficient (Wildman–Crippen LogP) is -0.896. The van der Waals surface area contributed by atoms with Gasteiger partial charge in [0.2, 0.25) is 17.7 Å². The first-order chi connectivity index (χ1) is 16.8. The highest BCUT2D eigenvalue weighted by molar-refractivity contribution is 7.80. The van der Waals surface area contributed by atoms with Gasteiger partial charge < -0.3 is 36.8 Å². The lowest BCUT2D eigenvalue weighted by molar-refractivity contribution is -0.142. The number of amides is 3. The van der Waals surface area contributed by atoms with Crippen LogP contribution in [0.15, 0.2) is 43.0 Å². The number of hydrogen-bond acceptors (Lipinski definition) is 7. The van der Waals surface area contributed by atoms with Crippen LogP contribution >= 0.6 is 12.6 Å². The van der Waals surface area contributed by atoms with Crippen molar-refractivity contribution in [3.05, 3.63) is 54.2 Å². The molecule has 0 bridgehead atoms. The molecular formula is C22H27N7O5S. The second-order valence-electron chi connectivity index (χ2n) is 7.87. The summed E-state index contributed by atoms with van der Waals surface area (Å²) < 4.78 is 0. The number of imidazole rings is 1. The second kappa shape index (κ2) is 12.0. The molecule has 0 aliphatic carbocycles. The maximum Gasteiger partial charge on any atom is 0.326 e. The van der Waals surface area contributed by atoms with Crippen LogP contribution < -0.4 is 21.7 Å². The number of nitrogens with zero attached hydrogens (tertiary/aromatic N) is 1. The molecule has 0 aliphatic heterocycles. The normalized spacial score (nSPS) is 13.5. The molecule has 3 amide bonds. The quantitative estimate of drug-likeness (QED) is 0.147. The van der Waals surface area contributed by atoms with Crippen LogP contribution in [0.3, 0.4) is 0 Å². The number of carbonyl (C=O) groups is 4. The highest BCUT2D eigenvalue weighted by Gasteiger charge is 2.26. The van der Waals surface area contributed by atoms with Crippen molar-refractivity contribution in [1.29, 1.82) is 0 Å². The Labute approximate surface area is 205 Å². The third-order valence-corrected chi connectivity index (χ3v) is 5.67. The number of aromatic amines is 2. The number of para-hydroxylation sites is 1. The molecule has 0 radical (unpaired) electrons. The van der Waals surface area contributed by atoms with Crippen LogP contribution in [0.4, 0.5) is 0 Å². The van der Waals surface area contributed by atoms with E-state index in [0.717, 1.165) is 16.5 Å². The highest BCUT2D eigenvalue weighted by atomic mass is 32.1. The monoisotopic (exact) mass is 501 g/mol. The van der Waals surface area contributed by atoms with Gasteiger partial charge in [-0.25, -0.2) is 9.78 Å². The number of carboxylic acids is 1. The minimum absolute atomic E-state index is 0.0152. The van der Waals surface area contributed by atoms with E-state index in [2.05, 4.69) is 43.5 Å². The number of thiol groups is 1. The van der Waals surface area contributed by atoms with E-state index in [1.165, 1.54) is 12.5 Å². The molecule has 12 nitrogen and oxygen atoms in total. The second-order valence-corrected chi connectivity index (χ2v) is 8.24. The zero-order chi connectivity index (χ0) is 25.4. The van der Waals surface area contributed by atoms with Gasteiger partial charge in [0, 0.05) is 41.2 Å². The third-order valence-electron chi connectivity index (χ3n) is 5.30. The molecule has 3 atom stereocenters. The van der Waals surface area contributed by atoms with Crippen molar-refractivity contribution in [1.82, 2.24) is 30.9 Å². The molecule has 3 aromatic rings. The Kier molecular flexibility index (Phi) is 8.86. The van der Waals surface area contributed by atoms with Gasteiger partial charge in [-0.15, -0.1) is 0 Å². The lowest BCUT2D eigenvalue weighted by Gasteiger charge is -2.20. The number of nitrogens with one attached hydrogen (secondary N) is 5. The number of carbonyl (C=O) groups excluding carboxylic acids is 3. The molecule has 3 unspecified atom stereocenters. The molecule has 1 aromatic carbocycles. The summed E-state index contributed by atoms with van der Waals surface area (Å²) in [6.45, 7) is -0.408. The van der Waals surface area contributed by atoms with Crippen LogP contribution in [0.1, 0.15) is 11.3 Å². The van der Waals surface area contributed by atoms with Crippen molar-refractivity contribution in [2.24, 2.45) is 5.73 Å². The van der Waals surface area contributed by atoms with Gasteiger partial charge in [-0.2, -0.15) is 12.6 Å². The smallest absolute Gasteiger partial charge is 0.326 e. The predicted molar refractivity (Wildman–Crippen MR) is 131 cm³/mol. The Morgan fingerprint density at radius 3 is 2.51 bits per heavy atom. The first kappa shape index (κ1) is 25.8. The van der Waals surface area contributed by atoms with Crippen LogP contribution in [-0.4, -0.2) is 74.2 Å². The van der Waals surface area contributed by atoms with Gasteiger partial charge >= 0.3 is 5.97 Å². The summed E-state index contributed by atoms with van der Waals surface area (Å²) in [5, 5.41) is 17.6. The van der Waals surface area contributed by atoms with Crippen molar-refractivity contribution in [3.8, 4) is 0 Å². The summed E-state index contributed by atoms with van der Waals surface area (Å²) in [5.41, 5.74) is 8.34. The molecule has 0 fully saturated rings. The number of benzene rings is 1. The zero-order valence-electron chi connectivity index (χ0n) is 18.7. The van der Waals surface area contributed by atoms with Crippen LogP contribution in [0.2, 0.25) is 0 Å². The van der Waals surface area contributed by atoms with Gasteiger partial charge in [-0.05, 0) is 18.1 Å². The molecule has 0 spiro atoms. The fourth-order valence-electron chi connectivity index (χ4n) is 3.46. The standard InChI is InChI=1S/C22H27N7O5S/c23-15(5-12-7-25-16-4-2-1-3-14(12)16)20(31)26-9-19(30)28-18(10-35)21(32)29-17(22(33)34)6-13-8-24-11-27-13/h1-4,7-8,11,15,17-18,25,35H,5-6,9-10,23H2,(H,24,27)(H,26,31)(H,28,30)(H,29,32)(H,33,34). The van der Waals surface area contributed by atoms with E-state index in [-0.39, 0.29) is 18.6 Å². The van der Waals surface area contributed by atoms with Gasteiger partial charge in [-0.1, -0.05) is 18.2 Å². The SMILES string of the molecule is NC(Cc1c[nH]c2ccccc12)C(=O)NCC(=O)NC(CS)C(=O)NC(Cc1cnc[nH]1)C(=O)O. The number of fused-ring (bicyclic) bond motifs is 1. The van der Waals surface area contributed by atoms with Gasteiger partial charge in [0.1, 0.15) is 12.1 Å². The summed E-state index contributed by atoms with van der Waals surface area (Å²) in [6, 6.07) is 4.40. The van der Waals surface area contributed by atoms with Gasteiger partial charge in [-0.3, -0.25) is 14.4 Å². The fourth-order valence-corrected chi connectivity index (χ4v) is 3.71. The van der Waals surface area contributed by atoms with E-state index in [9.17, 15) is 24.3 Å². The summed E-state index contributed by atoms with van der Waals surface area (Å²) >= 11 is 4.06. The van der Waals surface area contributed by atoms with E-state index < -0.39 is 48.4 Å². The Morgan fingerprint density at radius 2 is 1.83 bits per heavy atom. The molecule has 0 saturated heterocycles. The maximum absolute atomic E-state index is 12.5. The Balaban J connectivity index is 1.48. The van der Waals surface area contributed by atoms with Crippen LogP contribution in [0, 0.1) is 0 Å². The average molecular weight is 502 g/mol. The summed E-state index contributed by atoms with van der Waals surface area (Å²) in [7, 11) is 0. The molecule has 0 saturated carbocycles. The molecule has 8 N–H and O–H groups in total. The number of nitrogens with two attached hydrogens (primary N) is 1. The van der Waals surface area contributed by atoms with Crippen molar-refractivity contribution in [3.63, 3.8) is 0 Å². The molecule has 186 valence electrons. The first-order valence-corrected chi connectivity index (χ1v) is 11.4. The molecule has 3 rings (SSSR count). The molecule has 13 heteroatoms. The first-order valence-electron chi connectivity index (χ1n) is 10.8. The van der Waals surface area contributed by atoms with E-state index in [4.69, 9.17) is 5.73 Å². The lowest BCUT2D eigenvalue weighted by Crippen LogP contribution is -2.55. The Hall–Kier alpha value is -3.84. The summed E-state index contributed by atoms with van der Waals surface area (Å²) in [5.74, 6) is -3.21. The van der Waals surface area contributed by atoms with Crippen molar-refractivity contribution in [2.45, 2.75) is 31.0 Å². The minimum atomic E-state index is -1.24. The van der Waals surface area contributed by atoms with Crippen molar-refractivity contribution >= 4 is 47.2 Å². The number of hydrogen-bond donors (Lipinski definition) is 8. The van der Waals surface area contributed by atoms with E-state index in [1.807, 2.05) is 24.3 Å². The maximum atomic E-state index is 12.5. The molecular weight excluding hydrogens is 474 g/mol. The topological polar surface area (TPSA) is 195 Å². The highest BCUT2D eigenvalue weighted by Crippen LogP contribution is 2.18.